The monoisotopic (exact) mass is 340 g/mol. The van der Waals surface area contributed by atoms with Crippen LogP contribution in [0, 0.1) is 0 Å². The van der Waals surface area contributed by atoms with Crippen LogP contribution in [0.15, 0.2) is 59.5 Å². The fourth-order valence-electron chi connectivity index (χ4n) is 2.64. The van der Waals surface area contributed by atoms with Gasteiger partial charge in [0, 0.05) is 10.9 Å². The summed E-state index contributed by atoms with van der Waals surface area (Å²) >= 11 is 0. The van der Waals surface area contributed by atoms with Crippen LogP contribution in [0.3, 0.4) is 0 Å². The van der Waals surface area contributed by atoms with Crippen LogP contribution >= 0.6 is 0 Å². The Morgan fingerprint density at radius 3 is 2.76 bits per heavy atom. The van der Waals surface area contributed by atoms with Crippen LogP contribution < -0.4 is 10.3 Å². The van der Waals surface area contributed by atoms with Crippen molar-refractivity contribution in [2.24, 2.45) is 0 Å². The molecule has 1 N–H and O–H groups in total. The van der Waals surface area contributed by atoms with Crippen molar-refractivity contribution in [1.29, 1.82) is 0 Å². The van der Waals surface area contributed by atoms with Crippen molar-refractivity contribution in [3.8, 4) is 5.75 Å². The average Bonchev–Trinajstić information content (AvgIpc) is 2.64. The average molecular weight is 340 g/mol. The van der Waals surface area contributed by atoms with E-state index >= 15 is 0 Å². The van der Waals surface area contributed by atoms with E-state index in [1.54, 1.807) is 25.4 Å². The molecule has 6 heteroatoms. The van der Waals surface area contributed by atoms with Crippen LogP contribution in [0.4, 0.5) is 0 Å². The molecule has 0 aliphatic heterocycles. The number of hydrogen-bond donors (Lipinski definition) is 1. The van der Waals surface area contributed by atoms with Gasteiger partial charge in [0.05, 0.1) is 44.6 Å². The maximum atomic E-state index is 12.4. The Balaban J connectivity index is 1.60. The summed E-state index contributed by atoms with van der Waals surface area (Å²) in [6, 6.07) is 14.8. The highest BCUT2D eigenvalue weighted by Gasteiger charge is 2.10. The zero-order valence-electron chi connectivity index (χ0n) is 14.0. The molecule has 1 aromatic heterocycles. The third-order valence-corrected chi connectivity index (χ3v) is 3.91. The Bertz CT molecular complexity index is 907. The summed E-state index contributed by atoms with van der Waals surface area (Å²) < 4.78 is 12.1. The number of para-hydroxylation sites is 1. The second-order valence-corrected chi connectivity index (χ2v) is 5.70. The quantitative estimate of drug-likeness (QED) is 0.712. The molecule has 0 spiro atoms. The third kappa shape index (κ3) is 4.04. The van der Waals surface area contributed by atoms with E-state index in [0.29, 0.717) is 12.0 Å². The second-order valence-electron chi connectivity index (χ2n) is 5.70. The third-order valence-electron chi connectivity index (χ3n) is 3.91. The first kappa shape index (κ1) is 17.1. The van der Waals surface area contributed by atoms with Crippen LogP contribution in [0.5, 0.6) is 5.75 Å². The van der Waals surface area contributed by atoms with E-state index in [1.807, 2.05) is 36.4 Å². The lowest BCUT2D eigenvalue weighted by Gasteiger charge is -2.14. The van der Waals surface area contributed by atoms with E-state index in [2.05, 4.69) is 5.10 Å². The number of aliphatic hydroxyl groups excluding tert-OH is 1. The lowest BCUT2D eigenvalue weighted by atomic mass is 10.2. The number of rotatable bonds is 7. The molecular weight excluding hydrogens is 320 g/mol. The minimum atomic E-state index is -0.832. The molecule has 6 nitrogen and oxygen atoms in total. The standard InChI is InChI=1S/C19H20N2O4/c1-24-18-9-5-3-7-15(18)12-25-13-16(22)11-21-19(23)17-8-4-2-6-14(17)10-20-21/h2-10,16,22H,11-13H2,1H3/t16-/m0/s1. The number of methoxy groups -OCH3 is 1. The van der Waals surface area contributed by atoms with Crippen LogP contribution in [-0.2, 0) is 17.9 Å². The summed E-state index contributed by atoms with van der Waals surface area (Å²) in [7, 11) is 1.60. The zero-order chi connectivity index (χ0) is 17.6. The van der Waals surface area contributed by atoms with Crippen molar-refractivity contribution in [2.45, 2.75) is 19.3 Å². The Kier molecular flexibility index (Phi) is 5.42. The van der Waals surface area contributed by atoms with Gasteiger partial charge in [-0.15, -0.1) is 0 Å². The molecule has 0 radical (unpaired) electrons. The molecule has 3 aromatic rings. The summed E-state index contributed by atoms with van der Waals surface area (Å²) in [4.78, 5) is 12.4. The van der Waals surface area contributed by atoms with Gasteiger partial charge in [0.15, 0.2) is 0 Å². The summed E-state index contributed by atoms with van der Waals surface area (Å²) in [6.07, 6.45) is 0.792. The van der Waals surface area contributed by atoms with Crippen LogP contribution in [0.1, 0.15) is 5.56 Å². The van der Waals surface area contributed by atoms with Crippen molar-refractivity contribution >= 4 is 10.8 Å². The summed E-state index contributed by atoms with van der Waals surface area (Å²) in [5.41, 5.74) is 0.681. The minimum absolute atomic E-state index is 0.0790. The van der Waals surface area contributed by atoms with E-state index in [-0.39, 0.29) is 18.7 Å². The molecule has 0 bridgehead atoms. The molecule has 0 saturated carbocycles. The van der Waals surface area contributed by atoms with E-state index in [0.717, 1.165) is 16.7 Å². The fraction of sp³-hybridized carbons (Fsp3) is 0.263. The molecule has 0 saturated heterocycles. The number of benzene rings is 2. The minimum Gasteiger partial charge on any atom is -0.496 e. The second kappa shape index (κ2) is 7.92. The highest BCUT2D eigenvalue weighted by molar-refractivity contribution is 5.80. The van der Waals surface area contributed by atoms with Gasteiger partial charge in [0.1, 0.15) is 5.75 Å². The number of aliphatic hydroxyl groups is 1. The van der Waals surface area contributed by atoms with Gasteiger partial charge in [-0.25, -0.2) is 4.68 Å². The maximum Gasteiger partial charge on any atom is 0.274 e. The number of nitrogens with zero attached hydrogens (tertiary/aromatic N) is 2. The molecule has 2 aromatic carbocycles. The zero-order valence-corrected chi connectivity index (χ0v) is 14.0. The van der Waals surface area contributed by atoms with Crippen molar-refractivity contribution in [1.82, 2.24) is 9.78 Å². The normalized spacial score (nSPS) is 12.2. The van der Waals surface area contributed by atoms with Crippen molar-refractivity contribution in [2.75, 3.05) is 13.7 Å². The van der Waals surface area contributed by atoms with Gasteiger partial charge >= 0.3 is 0 Å². The molecule has 0 unspecified atom stereocenters. The van der Waals surface area contributed by atoms with E-state index in [9.17, 15) is 9.90 Å². The first-order valence-electron chi connectivity index (χ1n) is 8.01. The van der Waals surface area contributed by atoms with Gasteiger partial charge in [-0.1, -0.05) is 36.4 Å². The maximum absolute atomic E-state index is 12.4. The van der Waals surface area contributed by atoms with Gasteiger partial charge in [-0.3, -0.25) is 4.79 Å². The molecule has 0 amide bonds. The molecule has 0 fully saturated rings. The molecule has 1 atom stereocenters. The first-order valence-corrected chi connectivity index (χ1v) is 8.01. The molecular formula is C19H20N2O4. The van der Waals surface area contributed by atoms with Gasteiger partial charge in [0.2, 0.25) is 0 Å². The molecule has 25 heavy (non-hydrogen) atoms. The van der Waals surface area contributed by atoms with Gasteiger partial charge < -0.3 is 14.6 Å². The lowest BCUT2D eigenvalue weighted by molar-refractivity contribution is 0.0175. The van der Waals surface area contributed by atoms with Crippen LogP contribution in [0.2, 0.25) is 0 Å². The Labute approximate surface area is 145 Å². The number of aromatic nitrogens is 2. The molecule has 130 valence electrons. The number of ether oxygens (including phenoxy) is 2. The smallest absolute Gasteiger partial charge is 0.274 e. The van der Waals surface area contributed by atoms with Gasteiger partial charge in [-0.05, 0) is 12.1 Å². The van der Waals surface area contributed by atoms with E-state index in [1.165, 1.54) is 4.68 Å². The van der Waals surface area contributed by atoms with Crippen molar-refractivity contribution < 1.29 is 14.6 Å². The predicted molar refractivity (Wildman–Crippen MR) is 94.7 cm³/mol. The highest BCUT2D eigenvalue weighted by atomic mass is 16.5. The van der Waals surface area contributed by atoms with Gasteiger partial charge in [-0.2, -0.15) is 5.10 Å². The van der Waals surface area contributed by atoms with E-state index in [4.69, 9.17) is 9.47 Å². The molecule has 1 heterocycles. The first-order chi connectivity index (χ1) is 12.2. The SMILES string of the molecule is COc1ccccc1COC[C@@H](O)Cn1ncc2ccccc2c1=O. The highest BCUT2D eigenvalue weighted by Crippen LogP contribution is 2.18. The Hall–Kier alpha value is -2.70. The number of hydrogen-bond acceptors (Lipinski definition) is 5. The fourth-order valence-corrected chi connectivity index (χ4v) is 2.64. The Morgan fingerprint density at radius 1 is 1.16 bits per heavy atom. The number of fused-ring (bicyclic) bond motifs is 1. The van der Waals surface area contributed by atoms with Crippen molar-refractivity contribution in [3.05, 3.63) is 70.6 Å². The van der Waals surface area contributed by atoms with Crippen LogP contribution in [0.25, 0.3) is 10.8 Å². The van der Waals surface area contributed by atoms with E-state index < -0.39 is 6.10 Å². The van der Waals surface area contributed by atoms with Crippen LogP contribution in [-0.4, -0.2) is 34.7 Å². The topological polar surface area (TPSA) is 73.6 Å². The summed E-state index contributed by atoms with van der Waals surface area (Å²) in [5, 5.41) is 15.6. The Morgan fingerprint density at radius 2 is 1.92 bits per heavy atom. The largest absolute Gasteiger partial charge is 0.496 e. The van der Waals surface area contributed by atoms with Crippen molar-refractivity contribution in [3.63, 3.8) is 0 Å². The lowest BCUT2D eigenvalue weighted by Crippen LogP contribution is -2.31. The summed E-state index contributed by atoms with van der Waals surface area (Å²) in [5.74, 6) is 0.740. The predicted octanol–water partition coefficient (Wildman–Crippen LogP) is 1.98. The molecule has 0 aliphatic rings. The van der Waals surface area contributed by atoms with Gasteiger partial charge in [0.25, 0.3) is 5.56 Å². The molecule has 0 aliphatic carbocycles. The summed E-state index contributed by atoms with van der Waals surface area (Å²) in [6.45, 7) is 0.496. The molecule has 3 rings (SSSR count).